The van der Waals surface area contributed by atoms with E-state index in [4.69, 9.17) is 16.6 Å². The van der Waals surface area contributed by atoms with Crippen LogP contribution in [0.4, 0.5) is 0 Å². The Balaban J connectivity index is 2.30. The molecule has 0 fully saturated rings. The predicted octanol–water partition coefficient (Wildman–Crippen LogP) is 0.117. The number of nitrogens with two attached hydrogens (primary N) is 2. The molecule has 0 radical (unpaired) electrons. The second-order valence-electron chi connectivity index (χ2n) is 4.33. The Kier molecular flexibility index (Phi) is 6.18. The fourth-order valence-electron chi connectivity index (χ4n) is 1.65. The lowest BCUT2D eigenvalue weighted by molar-refractivity contribution is -0.121. The smallest absolute Gasteiger partial charge is 0.221 e. The quantitative estimate of drug-likeness (QED) is 0.517. The van der Waals surface area contributed by atoms with Crippen molar-refractivity contribution < 1.29 is 9.90 Å². The van der Waals surface area contributed by atoms with Gasteiger partial charge in [0.25, 0.3) is 0 Å². The number of aromatic hydroxyl groups is 1. The first-order chi connectivity index (χ1) is 8.61. The Hall–Kier alpha value is -1.59. The Morgan fingerprint density at radius 3 is 2.61 bits per heavy atom. The van der Waals surface area contributed by atoms with Crippen LogP contribution in [0.1, 0.15) is 18.4 Å². The maximum absolute atomic E-state index is 11.5. The maximum Gasteiger partial charge on any atom is 0.221 e. The van der Waals surface area contributed by atoms with Crippen molar-refractivity contribution in [2.45, 2.75) is 25.3 Å². The molecule has 1 aromatic rings. The third kappa shape index (κ3) is 5.65. The Bertz CT molecular complexity index is 365. The van der Waals surface area contributed by atoms with Crippen LogP contribution in [-0.2, 0) is 11.2 Å². The lowest BCUT2D eigenvalue weighted by Gasteiger charge is -2.11. The highest BCUT2D eigenvalue weighted by atomic mass is 16.3. The summed E-state index contributed by atoms with van der Waals surface area (Å²) in [6.07, 6.45) is 1.69. The van der Waals surface area contributed by atoms with Gasteiger partial charge in [0.1, 0.15) is 5.75 Å². The summed E-state index contributed by atoms with van der Waals surface area (Å²) >= 11 is 0. The van der Waals surface area contributed by atoms with Crippen molar-refractivity contribution in [2.24, 2.45) is 11.5 Å². The van der Waals surface area contributed by atoms with E-state index in [0.717, 1.165) is 12.0 Å². The van der Waals surface area contributed by atoms with Crippen molar-refractivity contribution in [1.29, 1.82) is 0 Å². The molecule has 5 nitrogen and oxygen atoms in total. The molecule has 0 aliphatic heterocycles. The summed E-state index contributed by atoms with van der Waals surface area (Å²) in [7, 11) is 0. The van der Waals surface area contributed by atoms with Gasteiger partial charge in [-0.15, -0.1) is 0 Å². The van der Waals surface area contributed by atoms with Crippen molar-refractivity contribution in [3.8, 4) is 5.75 Å². The van der Waals surface area contributed by atoms with Gasteiger partial charge in [0.2, 0.25) is 5.91 Å². The number of hydrogen-bond acceptors (Lipinski definition) is 4. The second kappa shape index (κ2) is 7.68. The SMILES string of the molecule is NCCCNC(=O)CC(N)Cc1ccc(O)cc1. The van der Waals surface area contributed by atoms with Gasteiger partial charge in [0.05, 0.1) is 0 Å². The summed E-state index contributed by atoms with van der Waals surface area (Å²) in [5.74, 6) is 0.182. The van der Waals surface area contributed by atoms with Crippen LogP contribution in [0.15, 0.2) is 24.3 Å². The van der Waals surface area contributed by atoms with E-state index in [1.54, 1.807) is 12.1 Å². The van der Waals surface area contributed by atoms with Gasteiger partial charge in [0, 0.05) is 19.0 Å². The number of carbonyl (C=O) groups is 1. The molecular weight excluding hydrogens is 230 g/mol. The minimum Gasteiger partial charge on any atom is -0.508 e. The highest BCUT2D eigenvalue weighted by Crippen LogP contribution is 2.11. The van der Waals surface area contributed by atoms with Crippen LogP contribution in [0.3, 0.4) is 0 Å². The topological polar surface area (TPSA) is 101 Å². The number of carbonyl (C=O) groups excluding carboxylic acids is 1. The van der Waals surface area contributed by atoms with Gasteiger partial charge < -0.3 is 21.9 Å². The summed E-state index contributed by atoms with van der Waals surface area (Å²) in [5, 5.41) is 11.9. The van der Waals surface area contributed by atoms with Crippen molar-refractivity contribution in [3.63, 3.8) is 0 Å². The summed E-state index contributed by atoms with van der Waals surface area (Å²) in [4.78, 5) is 11.5. The average Bonchev–Trinajstić information content (AvgIpc) is 2.32. The minimum absolute atomic E-state index is 0.0465. The summed E-state index contributed by atoms with van der Waals surface area (Å²) < 4.78 is 0. The molecule has 1 atom stereocenters. The number of rotatable bonds is 7. The van der Waals surface area contributed by atoms with E-state index >= 15 is 0 Å². The molecule has 0 aliphatic carbocycles. The molecule has 0 aromatic heterocycles. The van der Waals surface area contributed by atoms with Crippen LogP contribution in [0.25, 0.3) is 0 Å². The third-order valence-corrected chi connectivity index (χ3v) is 2.58. The van der Waals surface area contributed by atoms with E-state index in [9.17, 15) is 4.79 Å². The van der Waals surface area contributed by atoms with Gasteiger partial charge >= 0.3 is 0 Å². The molecule has 0 bridgehead atoms. The van der Waals surface area contributed by atoms with E-state index in [1.165, 1.54) is 0 Å². The molecule has 0 spiro atoms. The number of phenols is 1. The molecule has 5 heteroatoms. The molecule has 0 aliphatic rings. The highest BCUT2D eigenvalue weighted by molar-refractivity contribution is 5.76. The van der Waals surface area contributed by atoms with Crippen LogP contribution in [0, 0.1) is 0 Å². The van der Waals surface area contributed by atoms with Gasteiger partial charge in [0.15, 0.2) is 0 Å². The Morgan fingerprint density at radius 2 is 2.00 bits per heavy atom. The third-order valence-electron chi connectivity index (χ3n) is 2.58. The number of benzene rings is 1. The monoisotopic (exact) mass is 251 g/mol. The lowest BCUT2D eigenvalue weighted by atomic mass is 10.0. The van der Waals surface area contributed by atoms with Crippen LogP contribution < -0.4 is 16.8 Å². The number of nitrogens with one attached hydrogen (secondary N) is 1. The van der Waals surface area contributed by atoms with Gasteiger partial charge in [-0.2, -0.15) is 0 Å². The van der Waals surface area contributed by atoms with Crippen molar-refractivity contribution in [3.05, 3.63) is 29.8 Å². The van der Waals surface area contributed by atoms with Gasteiger partial charge in [-0.05, 0) is 37.1 Å². The molecule has 1 amide bonds. The van der Waals surface area contributed by atoms with E-state index in [0.29, 0.717) is 25.9 Å². The van der Waals surface area contributed by atoms with Crippen molar-refractivity contribution in [1.82, 2.24) is 5.32 Å². The molecule has 100 valence electrons. The van der Waals surface area contributed by atoms with Gasteiger partial charge in [-0.1, -0.05) is 12.1 Å². The molecule has 18 heavy (non-hydrogen) atoms. The molecule has 1 rings (SSSR count). The molecule has 6 N–H and O–H groups in total. The summed E-state index contributed by atoms with van der Waals surface area (Å²) in [6, 6.07) is 6.63. The zero-order valence-electron chi connectivity index (χ0n) is 10.4. The number of amides is 1. The highest BCUT2D eigenvalue weighted by Gasteiger charge is 2.09. The number of phenolic OH excluding ortho intramolecular Hbond substituents is 1. The Labute approximate surface area is 107 Å². The van der Waals surface area contributed by atoms with Gasteiger partial charge in [-0.25, -0.2) is 0 Å². The first kappa shape index (κ1) is 14.5. The fourth-order valence-corrected chi connectivity index (χ4v) is 1.65. The molecule has 1 aromatic carbocycles. The van der Waals surface area contributed by atoms with E-state index in [2.05, 4.69) is 5.32 Å². The van der Waals surface area contributed by atoms with E-state index in [-0.39, 0.29) is 17.7 Å². The normalized spacial score (nSPS) is 12.1. The van der Waals surface area contributed by atoms with E-state index < -0.39 is 0 Å². The van der Waals surface area contributed by atoms with E-state index in [1.807, 2.05) is 12.1 Å². The molecular formula is C13H21N3O2. The van der Waals surface area contributed by atoms with Crippen molar-refractivity contribution in [2.75, 3.05) is 13.1 Å². The zero-order valence-corrected chi connectivity index (χ0v) is 10.4. The maximum atomic E-state index is 11.5. The zero-order chi connectivity index (χ0) is 13.4. The van der Waals surface area contributed by atoms with Crippen LogP contribution in [0.2, 0.25) is 0 Å². The molecule has 0 heterocycles. The van der Waals surface area contributed by atoms with Crippen molar-refractivity contribution >= 4 is 5.91 Å². The molecule has 1 unspecified atom stereocenters. The standard InChI is InChI=1S/C13H21N3O2/c14-6-1-7-16-13(18)9-11(15)8-10-2-4-12(17)5-3-10/h2-5,11,17H,1,6-9,14-15H2,(H,16,18). The first-order valence-corrected chi connectivity index (χ1v) is 6.12. The number of hydrogen-bond donors (Lipinski definition) is 4. The fraction of sp³-hybridized carbons (Fsp3) is 0.462. The Morgan fingerprint density at radius 1 is 1.33 bits per heavy atom. The largest absolute Gasteiger partial charge is 0.508 e. The van der Waals surface area contributed by atoms with Crippen LogP contribution in [0.5, 0.6) is 5.75 Å². The summed E-state index contributed by atoms with van der Waals surface area (Å²) in [5.41, 5.74) is 12.2. The summed E-state index contributed by atoms with van der Waals surface area (Å²) in [6.45, 7) is 1.17. The average molecular weight is 251 g/mol. The van der Waals surface area contributed by atoms with Gasteiger partial charge in [-0.3, -0.25) is 4.79 Å². The van der Waals surface area contributed by atoms with Crippen LogP contribution in [-0.4, -0.2) is 30.1 Å². The van der Waals surface area contributed by atoms with Crippen LogP contribution >= 0.6 is 0 Å². The lowest BCUT2D eigenvalue weighted by Crippen LogP contribution is -2.33. The molecule has 0 saturated carbocycles. The minimum atomic E-state index is -0.215. The first-order valence-electron chi connectivity index (χ1n) is 6.12. The second-order valence-corrected chi connectivity index (χ2v) is 4.33. The molecule has 0 saturated heterocycles. The predicted molar refractivity (Wildman–Crippen MR) is 71.1 cm³/mol.